The molecule has 116 valence electrons. The minimum absolute atomic E-state index is 0.394. The molecule has 0 radical (unpaired) electrons. The van der Waals surface area contributed by atoms with Crippen LogP contribution in [0.1, 0.15) is 85.0 Å². The van der Waals surface area contributed by atoms with Crippen LogP contribution in [-0.2, 0) is 4.74 Å². The maximum absolute atomic E-state index is 5.65. The van der Waals surface area contributed by atoms with Crippen molar-refractivity contribution >= 4 is 0 Å². The summed E-state index contributed by atoms with van der Waals surface area (Å²) in [6, 6.07) is 0.547. The lowest BCUT2D eigenvalue weighted by molar-refractivity contribution is 0.0577. The molecule has 1 N–H and O–H groups in total. The molecule has 0 aliphatic heterocycles. The molecule has 0 aliphatic rings. The Morgan fingerprint density at radius 1 is 0.789 bits per heavy atom. The van der Waals surface area contributed by atoms with Gasteiger partial charge >= 0.3 is 0 Å². The minimum Gasteiger partial charge on any atom is -0.380 e. The number of hydrogen-bond acceptors (Lipinski definition) is 2. The Kier molecular flexibility index (Phi) is 14.3. The van der Waals surface area contributed by atoms with Crippen molar-refractivity contribution in [3.8, 4) is 0 Å². The highest BCUT2D eigenvalue weighted by atomic mass is 16.5. The first-order valence-electron chi connectivity index (χ1n) is 8.56. The fraction of sp³-hybridized carbons (Fsp3) is 1.00. The molecular weight excluding hydrogens is 234 g/mol. The van der Waals surface area contributed by atoms with Crippen LogP contribution in [-0.4, -0.2) is 25.8 Å². The molecule has 2 heteroatoms. The van der Waals surface area contributed by atoms with Crippen molar-refractivity contribution in [3.05, 3.63) is 0 Å². The molecule has 0 saturated heterocycles. The van der Waals surface area contributed by atoms with Crippen LogP contribution in [0.15, 0.2) is 0 Å². The van der Waals surface area contributed by atoms with E-state index in [0.717, 1.165) is 6.54 Å². The van der Waals surface area contributed by atoms with Gasteiger partial charge in [0, 0.05) is 13.2 Å². The van der Waals surface area contributed by atoms with Gasteiger partial charge in [0.2, 0.25) is 0 Å². The van der Waals surface area contributed by atoms with E-state index >= 15 is 0 Å². The van der Waals surface area contributed by atoms with Gasteiger partial charge in [-0.2, -0.15) is 0 Å². The van der Waals surface area contributed by atoms with E-state index in [0.29, 0.717) is 12.1 Å². The number of ether oxygens (including phenoxy) is 1. The summed E-state index contributed by atoms with van der Waals surface area (Å²) in [5.41, 5.74) is 0. The fourth-order valence-corrected chi connectivity index (χ4v) is 2.77. The zero-order valence-electron chi connectivity index (χ0n) is 13.8. The van der Waals surface area contributed by atoms with Crippen molar-refractivity contribution in [1.29, 1.82) is 0 Å². The summed E-state index contributed by atoms with van der Waals surface area (Å²) in [7, 11) is 1.86. The predicted molar refractivity (Wildman–Crippen MR) is 85.8 cm³/mol. The molecule has 0 heterocycles. The third-order valence-corrected chi connectivity index (χ3v) is 3.91. The van der Waals surface area contributed by atoms with Crippen molar-refractivity contribution < 1.29 is 4.74 Å². The van der Waals surface area contributed by atoms with Gasteiger partial charge in [-0.25, -0.2) is 0 Å². The van der Waals surface area contributed by atoms with E-state index in [2.05, 4.69) is 26.1 Å². The largest absolute Gasteiger partial charge is 0.380 e. The van der Waals surface area contributed by atoms with Crippen LogP contribution in [0.25, 0.3) is 0 Å². The molecule has 19 heavy (non-hydrogen) atoms. The highest BCUT2D eigenvalue weighted by Gasteiger charge is 2.18. The van der Waals surface area contributed by atoms with Crippen molar-refractivity contribution in [1.82, 2.24) is 5.32 Å². The molecule has 2 atom stereocenters. The number of unbranched alkanes of at least 4 members (excludes halogenated alkanes) is 6. The average Bonchev–Trinajstić information content (AvgIpc) is 2.43. The molecule has 0 rings (SSSR count). The Labute approximate surface area is 121 Å². The van der Waals surface area contributed by atoms with Gasteiger partial charge in [-0.05, 0) is 19.4 Å². The maximum atomic E-state index is 5.65. The molecule has 2 unspecified atom stereocenters. The van der Waals surface area contributed by atoms with Crippen molar-refractivity contribution in [2.75, 3.05) is 13.7 Å². The van der Waals surface area contributed by atoms with Gasteiger partial charge in [-0.1, -0.05) is 72.1 Å². The van der Waals surface area contributed by atoms with Crippen molar-refractivity contribution in [2.45, 2.75) is 97.1 Å². The third-order valence-electron chi connectivity index (χ3n) is 3.91. The number of rotatable bonds is 14. The van der Waals surface area contributed by atoms with Crippen LogP contribution in [0.5, 0.6) is 0 Å². The van der Waals surface area contributed by atoms with E-state index in [1.54, 1.807) is 0 Å². The van der Waals surface area contributed by atoms with Crippen LogP contribution in [0.3, 0.4) is 0 Å². The lowest BCUT2D eigenvalue weighted by Gasteiger charge is -2.26. The molecule has 0 aromatic carbocycles. The SMILES string of the molecule is CCCCCCCCCC(NCC)C(CCC)OC. The second-order valence-corrected chi connectivity index (χ2v) is 5.64. The predicted octanol–water partition coefficient (Wildman–Crippen LogP) is 4.92. The highest BCUT2D eigenvalue weighted by Crippen LogP contribution is 2.15. The lowest BCUT2D eigenvalue weighted by Crippen LogP contribution is -2.40. The first-order chi connectivity index (χ1) is 9.29. The molecule has 0 amide bonds. The summed E-state index contributed by atoms with van der Waals surface area (Å²) in [6.07, 6.45) is 13.8. The molecule has 0 aliphatic carbocycles. The monoisotopic (exact) mass is 271 g/mol. The standard InChI is InChI=1S/C17H37NO/c1-5-8-9-10-11-12-13-15-16(18-7-3)17(19-4)14-6-2/h16-18H,5-15H2,1-4H3. The smallest absolute Gasteiger partial charge is 0.0724 e. The Morgan fingerprint density at radius 2 is 1.42 bits per heavy atom. The first-order valence-corrected chi connectivity index (χ1v) is 8.56. The number of methoxy groups -OCH3 is 1. The summed E-state index contributed by atoms with van der Waals surface area (Å²) in [5, 5.41) is 3.60. The molecule has 0 fully saturated rings. The van der Waals surface area contributed by atoms with E-state index in [4.69, 9.17) is 4.74 Å². The Morgan fingerprint density at radius 3 is 1.95 bits per heavy atom. The van der Waals surface area contributed by atoms with Crippen LogP contribution in [0.2, 0.25) is 0 Å². The lowest BCUT2D eigenvalue weighted by atomic mass is 9.99. The second kappa shape index (κ2) is 14.3. The summed E-state index contributed by atoms with van der Waals surface area (Å²) < 4.78 is 5.65. The molecule has 0 spiro atoms. The zero-order chi connectivity index (χ0) is 14.3. The molecule has 0 bridgehead atoms. The van der Waals surface area contributed by atoms with Crippen LogP contribution < -0.4 is 5.32 Å². The molecule has 0 saturated carbocycles. The quantitative estimate of drug-likeness (QED) is 0.453. The molecule has 0 aromatic rings. The molecular formula is C17H37NO. The van der Waals surface area contributed by atoms with E-state index in [1.165, 1.54) is 64.2 Å². The third kappa shape index (κ3) is 10.4. The normalized spacial score (nSPS) is 14.5. The van der Waals surface area contributed by atoms with Crippen molar-refractivity contribution in [2.24, 2.45) is 0 Å². The number of nitrogens with one attached hydrogen (secondary N) is 1. The minimum atomic E-state index is 0.394. The Bertz CT molecular complexity index is 173. The molecule has 2 nitrogen and oxygen atoms in total. The maximum Gasteiger partial charge on any atom is 0.0724 e. The van der Waals surface area contributed by atoms with E-state index < -0.39 is 0 Å². The zero-order valence-corrected chi connectivity index (χ0v) is 13.8. The fourth-order valence-electron chi connectivity index (χ4n) is 2.77. The van der Waals surface area contributed by atoms with Gasteiger partial charge < -0.3 is 10.1 Å². The average molecular weight is 271 g/mol. The Balaban J connectivity index is 3.74. The number of hydrogen-bond donors (Lipinski definition) is 1. The van der Waals surface area contributed by atoms with Crippen molar-refractivity contribution in [3.63, 3.8) is 0 Å². The van der Waals surface area contributed by atoms with Gasteiger partial charge in [0.05, 0.1) is 6.10 Å². The molecule has 0 aromatic heterocycles. The Hall–Kier alpha value is -0.0800. The van der Waals surface area contributed by atoms with E-state index in [1.807, 2.05) is 7.11 Å². The van der Waals surface area contributed by atoms with Gasteiger partial charge in [0.1, 0.15) is 0 Å². The van der Waals surface area contributed by atoms with Crippen LogP contribution in [0.4, 0.5) is 0 Å². The van der Waals surface area contributed by atoms with E-state index in [-0.39, 0.29) is 0 Å². The first kappa shape index (κ1) is 18.9. The van der Waals surface area contributed by atoms with Gasteiger partial charge in [-0.15, -0.1) is 0 Å². The van der Waals surface area contributed by atoms with Gasteiger partial charge in [0.15, 0.2) is 0 Å². The summed E-state index contributed by atoms with van der Waals surface area (Å²) in [4.78, 5) is 0. The summed E-state index contributed by atoms with van der Waals surface area (Å²) >= 11 is 0. The summed E-state index contributed by atoms with van der Waals surface area (Å²) in [6.45, 7) is 7.75. The second-order valence-electron chi connectivity index (χ2n) is 5.64. The van der Waals surface area contributed by atoms with Crippen LogP contribution >= 0.6 is 0 Å². The van der Waals surface area contributed by atoms with Gasteiger partial charge in [0.25, 0.3) is 0 Å². The topological polar surface area (TPSA) is 21.3 Å². The highest BCUT2D eigenvalue weighted by molar-refractivity contribution is 4.76. The van der Waals surface area contributed by atoms with E-state index in [9.17, 15) is 0 Å². The number of likely N-dealkylation sites (N-methyl/N-ethyl adjacent to an activating group) is 1. The van der Waals surface area contributed by atoms with Crippen LogP contribution in [0, 0.1) is 0 Å². The van der Waals surface area contributed by atoms with Gasteiger partial charge in [-0.3, -0.25) is 0 Å². The summed E-state index contributed by atoms with van der Waals surface area (Å²) in [5.74, 6) is 0.